The molecule has 2 aromatic carbocycles. The number of halogens is 1. The highest BCUT2D eigenvalue weighted by Gasteiger charge is 2.28. The predicted octanol–water partition coefficient (Wildman–Crippen LogP) is 4.34. The summed E-state index contributed by atoms with van der Waals surface area (Å²) in [5.41, 5.74) is 3.37. The van der Waals surface area contributed by atoms with Crippen LogP contribution in [0.5, 0.6) is 0 Å². The topological polar surface area (TPSA) is 37.3 Å². The molecule has 1 N–H and O–H groups in total. The second-order valence-electron chi connectivity index (χ2n) is 6.38. The molecule has 3 aromatic rings. The Morgan fingerprint density at radius 1 is 1.21 bits per heavy atom. The van der Waals surface area contributed by atoms with Crippen LogP contribution in [0.2, 0.25) is 0 Å². The average molecular weight is 450 g/mol. The van der Waals surface area contributed by atoms with Crippen LogP contribution in [-0.2, 0) is 11.3 Å². The molecule has 0 radical (unpaired) electrons. The highest BCUT2D eigenvalue weighted by molar-refractivity contribution is 9.10. The zero-order valence-corrected chi connectivity index (χ0v) is 17.3. The smallest absolute Gasteiger partial charge is 0.262 e. The molecule has 1 saturated heterocycles. The zero-order valence-electron chi connectivity index (χ0n) is 14.9. The van der Waals surface area contributed by atoms with Crippen LogP contribution in [0.25, 0.3) is 17.0 Å². The molecule has 28 heavy (non-hydrogen) atoms. The molecule has 1 fully saturated rings. The van der Waals surface area contributed by atoms with E-state index in [-0.39, 0.29) is 5.91 Å². The Morgan fingerprint density at radius 2 is 1.96 bits per heavy atom. The normalized spacial score (nSPS) is 15.7. The van der Waals surface area contributed by atoms with Gasteiger partial charge in [0.2, 0.25) is 0 Å². The molecule has 2 heterocycles. The summed E-state index contributed by atoms with van der Waals surface area (Å²) in [6.07, 6.45) is 9.40. The fourth-order valence-corrected chi connectivity index (χ4v) is 3.83. The molecule has 4 rings (SSSR count). The van der Waals surface area contributed by atoms with Crippen molar-refractivity contribution in [3.8, 4) is 12.3 Å². The second-order valence-corrected chi connectivity index (χ2v) is 7.68. The minimum Gasteiger partial charge on any atom is -0.358 e. The number of terminal acetylenes is 1. The highest BCUT2D eigenvalue weighted by Crippen LogP contribution is 2.26. The van der Waals surface area contributed by atoms with Gasteiger partial charge in [-0.05, 0) is 48.6 Å². The Hall–Kier alpha value is -2.88. The Bertz CT molecular complexity index is 1150. The van der Waals surface area contributed by atoms with Crippen molar-refractivity contribution >= 4 is 61.8 Å². The van der Waals surface area contributed by atoms with Gasteiger partial charge in [0.1, 0.15) is 0 Å². The Kier molecular flexibility index (Phi) is 5.03. The number of amides is 1. The molecular formula is C22H16BrN3OS. The average Bonchev–Trinajstić information content (AvgIpc) is 3.04. The van der Waals surface area contributed by atoms with Gasteiger partial charge in [0, 0.05) is 39.3 Å². The van der Waals surface area contributed by atoms with E-state index >= 15 is 0 Å². The minimum atomic E-state index is -0.125. The number of nitrogens with zero attached hydrogens (tertiary/aromatic N) is 2. The number of aromatic nitrogens is 1. The molecule has 1 aliphatic heterocycles. The van der Waals surface area contributed by atoms with Gasteiger partial charge in [-0.1, -0.05) is 40.0 Å². The van der Waals surface area contributed by atoms with Crippen LogP contribution in [0, 0.1) is 12.3 Å². The van der Waals surface area contributed by atoms with Crippen LogP contribution >= 0.6 is 28.1 Å². The lowest BCUT2D eigenvalue weighted by molar-refractivity contribution is -0.114. The number of carbonyl (C=O) groups excluding carboxylic acids is 1. The third-order valence-corrected chi connectivity index (χ3v) is 5.46. The van der Waals surface area contributed by atoms with Crippen molar-refractivity contribution < 1.29 is 4.79 Å². The molecule has 0 atom stereocenters. The van der Waals surface area contributed by atoms with E-state index in [0.717, 1.165) is 26.6 Å². The monoisotopic (exact) mass is 449 g/mol. The summed E-state index contributed by atoms with van der Waals surface area (Å²) in [4.78, 5) is 14.7. The van der Waals surface area contributed by atoms with Crippen molar-refractivity contribution in [2.75, 3.05) is 11.4 Å². The van der Waals surface area contributed by atoms with E-state index in [1.165, 1.54) is 4.90 Å². The number of fused-ring (bicyclic) bond motifs is 1. The summed E-state index contributed by atoms with van der Waals surface area (Å²) in [5.74, 6) is 2.55. The molecular weight excluding hydrogens is 434 g/mol. The first kappa shape index (κ1) is 18.5. The molecule has 0 spiro atoms. The first-order chi connectivity index (χ1) is 13.6. The largest absolute Gasteiger partial charge is 0.358 e. The van der Waals surface area contributed by atoms with Gasteiger partial charge in [-0.25, -0.2) is 0 Å². The summed E-state index contributed by atoms with van der Waals surface area (Å²) < 4.78 is 2.95. The van der Waals surface area contributed by atoms with Gasteiger partial charge in [0.05, 0.1) is 12.2 Å². The standard InChI is InChI=1S/C22H16BrN3OS/c1-2-11-25-14-16(19-5-3-4-6-20(19)25)12-15-13-24-22(28)26(21(15)27)18-9-7-17(23)8-10-18/h1,3-10,12,14H,11,13H2,(H,24,28). The Morgan fingerprint density at radius 3 is 2.71 bits per heavy atom. The number of hydrogen-bond donors (Lipinski definition) is 1. The van der Waals surface area contributed by atoms with Gasteiger partial charge >= 0.3 is 0 Å². The van der Waals surface area contributed by atoms with E-state index < -0.39 is 0 Å². The van der Waals surface area contributed by atoms with Crippen molar-refractivity contribution in [1.82, 2.24) is 9.88 Å². The third kappa shape index (κ3) is 3.35. The van der Waals surface area contributed by atoms with Crippen molar-refractivity contribution in [3.05, 3.63) is 70.3 Å². The number of carbonyl (C=O) groups is 1. The Labute approximate surface area is 177 Å². The van der Waals surface area contributed by atoms with Crippen LogP contribution < -0.4 is 10.2 Å². The molecule has 0 aliphatic carbocycles. The van der Waals surface area contributed by atoms with Gasteiger partial charge in [-0.3, -0.25) is 9.69 Å². The van der Waals surface area contributed by atoms with Crippen LogP contribution in [0.3, 0.4) is 0 Å². The first-order valence-corrected chi connectivity index (χ1v) is 9.88. The predicted molar refractivity (Wildman–Crippen MR) is 121 cm³/mol. The molecule has 4 nitrogen and oxygen atoms in total. The molecule has 0 bridgehead atoms. The van der Waals surface area contributed by atoms with E-state index in [1.54, 1.807) is 0 Å². The summed E-state index contributed by atoms with van der Waals surface area (Å²) in [6.45, 7) is 0.865. The lowest BCUT2D eigenvalue weighted by Gasteiger charge is -2.30. The molecule has 6 heteroatoms. The lowest BCUT2D eigenvalue weighted by atomic mass is 10.1. The SMILES string of the molecule is C#CCn1cc(C=C2CNC(=S)N(c3ccc(Br)cc3)C2=O)c2ccccc21. The summed E-state index contributed by atoms with van der Waals surface area (Å²) in [5, 5.41) is 4.60. The van der Waals surface area contributed by atoms with Crippen LogP contribution in [-0.4, -0.2) is 22.1 Å². The van der Waals surface area contributed by atoms with E-state index in [4.69, 9.17) is 18.6 Å². The van der Waals surface area contributed by atoms with Crippen molar-refractivity contribution in [2.45, 2.75) is 6.54 Å². The van der Waals surface area contributed by atoms with E-state index in [2.05, 4.69) is 27.2 Å². The first-order valence-electron chi connectivity index (χ1n) is 8.68. The fraction of sp³-hybridized carbons (Fsp3) is 0.0909. The number of benzene rings is 2. The van der Waals surface area contributed by atoms with Gasteiger partial charge < -0.3 is 9.88 Å². The van der Waals surface area contributed by atoms with Gasteiger partial charge in [-0.2, -0.15) is 0 Å². The molecule has 0 unspecified atom stereocenters. The third-order valence-electron chi connectivity index (χ3n) is 4.61. The molecule has 138 valence electrons. The number of nitrogens with one attached hydrogen (secondary N) is 1. The van der Waals surface area contributed by atoms with Crippen molar-refractivity contribution in [1.29, 1.82) is 0 Å². The van der Waals surface area contributed by atoms with Gasteiger partial charge in [0.15, 0.2) is 5.11 Å². The van der Waals surface area contributed by atoms with E-state index in [1.807, 2.05) is 65.4 Å². The van der Waals surface area contributed by atoms with Crippen LogP contribution in [0.15, 0.2) is 64.8 Å². The molecule has 1 amide bonds. The zero-order chi connectivity index (χ0) is 19.7. The maximum absolute atomic E-state index is 13.2. The molecule has 0 saturated carbocycles. The quantitative estimate of drug-likeness (QED) is 0.367. The van der Waals surface area contributed by atoms with Gasteiger partial charge in [-0.15, -0.1) is 6.42 Å². The van der Waals surface area contributed by atoms with E-state index in [0.29, 0.717) is 23.8 Å². The summed E-state index contributed by atoms with van der Waals surface area (Å²) in [6, 6.07) is 15.5. The maximum atomic E-state index is 13.2. The number of thiocarbonyl (C=S) groups is 1. The highest BCUT2D eigenvalue weighted by atomic mass is 79.9. The second kappa shape index (κ2) is 7.63. The van der Waals surface area contributed by atoms with Crippen LogP contribution in [0.1, 0.15) is 5.56 Å². The lowest BCUT2D eigenvalue weighted by Crippen LogP contribution is -2.51. The van der Waals surface area contributed by atoms with Crippen LogP contribution in [0.4, 0.5) is 5.69 Å². The Balaban J connectivity index is 1.75. The molecule has 1 aromatic heterocycles. The number of hydrogen-bond acceptors (Lipinski definition) is 2. The van der Waals surface area contributed by atoms with Gasteiger partial charge in [0.25, 0.3) is 5.91 Å². The minimum absolute atomic E-state index is 0.125. The maximum Gasteiger partial charge on any atom is 0.262 e. The van der Waals surface area contributed by atoms with E-state index in [9.17, 15) is 4.79 Å². The number of anilines is 1. The summed E-state index contributed by atoms with van der Waals surface area (Å²) >= 11 is 8.80. The number of para-hydroxylation sites is 1. The van der Waals surface area contributed by atoms with Crippen molar-refractivity contribution in [2.24, 2.45) is 0 Å². The van der Waals surface area contributed by atoms with Crippen molar-refractivity contribution in [3.63, 3.8) is 0 Å². The number of rotatable bonds is 3. The summed E-state index contributed by atoms with van der Waals surface area (Å²) in [7, 11) is 0. The molecule has 1 aliphatic rings. The fourth-order valence-electron chi connectivity index (χ4n) is 3.31.